The molecule has 0 aliphatic carbocycles. The second-order valence-electron chi connectivity index (χ2n) is 9.24. The summed E-state index contributed by atoms with van der Waals surface area (Å²) in [5, 5.41) is 15.4. The smallest absolute Gasteiger partial charge is 0.251 e. The van der Waals surface area contributed by atoms with Crippen LogP contribution in [0.1, 0.15) is 45.4 Å². The van der Waals surface area contributed by atoms with Crippen LogP contribution in [0.2, 0.25) is 0 Å². The first-order valence-electron chi connectivity index (χ1n) is 12.8. The molecule has 2 amide bonds. The molecule has 0 aliphatic rings. The molecule has 0 saturated heterocycles. The van der Waals surface area contributed by atoms with Crippen molar-refractivity contribution in [1.82, 2.24) is 20.1 Å². The molecule has 0 atom stereocenters. The molecule has 1 aromatic heterocycles. The number of para-hydroxylation sites is 1. The summed E-state index contributed by atoms with van der Waals surface area (Å²) in [5.41, 5.74) is 6.55. The Morgan fingerprint density at radius 3 is 2.46 bits per heavy atom. The van der Waals surface area contributed by atoms with Crippen molar-refractivity contribution in [3.8, 4) is 11.4 Å². The van der Waals surface area contributed by atoms with Crippen LogP contribution in [0.15, 0.2) is 65.8 Å². The van der Waals surface area contributed by atoms with E-state index in [1.165, 1.54) is 11.8 Å². The van der Waals surface area contributed by atoms with Gasteiger partial charge in [0.25, 0.3) is 5.91 Å². The number of methoxy groups -OCH3 is 1. The maximum atomic E-state index is 12.9. The van der Waals surface area contributed by atoms with Gasteiger partial charge in [0.1, 0.15) is 5.75 Å². The van der Waals surface area contributed by atoms with Crippen molar-refractivity contribution < 1.29 is 14.3 Å². The molecule has 1 heterocycles. The Kier molecular flexibility index (Phi) is 9.03. The molecular formula is C30H33N5O3S. The third kappa shape index (κ3) is 6.67. The fourth-order valence-electron chi connectivity index (χ4n) is 4.25. The van der Waals surface area contributed by atoms with Crippen molar-refractivity contribution in [3.63, 3.8) is 0 Å². The highest BCUT2D eigenvalue weighted by molar-refractivity contribution is 7.99. The van der Waals surface area contributed by atoms with Crippen molar-refractivity contribution in [2.24, 2.45) is 0 Å². The molecule has 0 spiro atoms. The largest absolute Gasteiger partial charge is 0.497 e. The number of ether oxygens (including phenoxy) is 1. The molecule has 0 aliphatic heterocycles. The highest BCUT2D eigenvalue weighted by Gasteiger charge is 2.20. The molecule has 4 aromatic rings. The summed E-state index contributed by atoms with van der Waals surface area (Å²) in [6.45, 7) is 8.27. The second-order valence-corrected chi connectivity index (χ2v) is 10.2. The van der Waals surface area contributed by atoms with Crippen molar-refractivity contribution in [3.05, 3.63) is 94.3 Å². The zero-order valence-electron chi connectivity index (χ0n) is 22.9. The van der Waals surface area contributed by atoms with Crippen LogP contribution in [-0.2, 0) is 17.8 Å². The van der Waals surface area contributed by atoms with Gasteiger partial charge in [-0.3, -0.25) is 14.2 Å². The normalized spacial score (nSPS) is 10.8. The van der Waals surface area contributed by atoms with Crippen LogP contribution >= 0.6 is 11.8 Å². The Morgan fingerprint density at radius 1 is 0.974 bits per heavy atom. The molecule has 39 heavy (non-hydrogen) atoms. The van der Waals surface area contributed by atoms with E-state index in [1.807, 2.05) is 55.7 Å². The third-order valence-corrected chi connectivity index (χ3v) is 7.31. The molecule has 0 unspecified atom stereocenters. The summed E-state index contributed by atoms with van der Waals surface area (Å²) in [6, 6.07) is 19.0. The molecule has 0 radical (unpaired) electrons. The van der Waals surface area contributed by atoms with Gasteiger partial charge in [0.05, 0.1) is 25.1 Å². The predicted molar refractivity (Wildman–Crippen MR) is 155 cm³/mol. The lowest BCUT2D eigenvalue weighted by atomic mass is 10.1. The second kappa shape index (κ2) is 12.6. The van der Waals surface area contributed by atoms with Crippen LogP contribution in [0.4, 0.5) is 5.69 Å². The number of hydrogen-bond acceptors (Lipinski definition) is 6. The van der Waals surface area contributed by atoms with Gasteiger partial charge in [-0.05, 0) is 79.8 Å². The van der Waals surface area contributed by atoms with E-state index in [0.717, 1.165) is 40.0 Å². The van der Waals surface area contributed by atoms with Gasteiger partial charge in [-0.15, -0.1) is 10.2 Å². The molecule has 9 heteroatoms. The summed E-state index contributed by atoms with van der Waals surface area (Å²) >= 11 is 1.31. The number of rotatable bonds is 10. The topological polar surface area (TPSA) is 98.1 Å². The van der Waals surface area contributed by atoms with E-state index in [4.69, 9.17) is 4.74 Å². The first-order chi connectivity index (χ1) is 18.8. The number of thioether (sulfide) groups is 1. The van der Waals surface area contributed by atoms with E-state index in [0.29, 0.717) is 22.3 Å². The SMILES string of the molecule is CCc1cccc(C)c1-n1c(CNC(=O)c2ccc(OC)cc2)nnc1SCC(=O)Nc1cc(C)ccc1C. The van der Waals surface area contributed by atoms with Crippen LogP contribution < -0.4 is 15.4 Å². The minimum absolute atomic E-state index is 0.127. The number of anilines is 1. The third-order valence-electron chi connectivity index (χ3n) is 6.38. The lowest BCUT2D eigenvalue weighted by Gasteiger charge is -2.17. The van der Waals surface area contributed by atoms with Crippen LogP contribution in [0, 0.1) is 20.8 Å². The predicted octanol–water partition coefficient (Wildman–Crippen LogP) is 5.42. The van der Waals surface area contributed by atoms with Crippen LogP contribution in [0.3, 0.4) is 0 Å². The Balaban J connectivity index is 1.57. The molecule has 8 nitrogen and oxygen atoms in total. The van der Waals surface area contributed by atoms with Gasteiger partial charge < -0.3 is 15.4 Å². The van der Waals surface area contributed by atoms with Crippen molar-refractivity contribution >= 4 is 29.3 Å². The summed E-state index contributed by atoms with van der Waals surface area (Å²) in [7, 11) is 1.58. The molecule has 0 bridgehead atoms. The quantitative estimate of drug-likeness (QED) is 0.259. The van der Waals surface area contributed by atoms with Crippen molar-refractivity contribution in [2.45, 2.75) is 45.8 Å². The van der Waals surface area contributed by atoms with Crippen LogP contribution in [-0.4, -0.2) is 39.4 Å². The number of nitrogens with zero attached hydrogens (tertiary/aromatic N) is 3. The average Bonchev–Trinajstić information content (AvgIpc) is 3.34. The average molecular weight is 544 g/mol. The van der Waals surface area contributed by atoms with E-state index in [2.05, 4.69) is 33.8 Å². The highest BCUT2D eigenvalue weighted by atomic mass is 32.2. The monoisotopic (exact) mass is 543 g/mol. The number of hydrogen-bond donors (Lipinski definition) is 2. The lowest BCUT2D eigenvalue weighted by Crippen LogP contribution is -2.25. The Hall–Kier alpha value is -4.11. The number of aryl methyl sites for hydroxylation is 4. The summed E-state index contributed by atoms with van der Waals surface area (Å²) in [4.78, 5) is 25.7. The van der Waals surface area contributed by atoms with Gasteiger partial charge in [-0.2, -0.15) is 0 Å². The number of nitrogens with one attached hydrogen (secondary N) is 2. The molecule has 202 valence electrons. The van der Waals surface area contributed by atoms with Crippen LogP contribution in [0.25, 0.3) is 5.69 Å². The Morgan fingerprint density at radius 2 is 1.74 bits per heavy atom. The first kappa shape index (κ1) is 27.9. The molecular weight excluding hydrogens is 510 g/mol. The van der Waals surface area contributed by atoms with E-state index in [1.54, 1.807) is 31.4 Å². The molecule has 3 aromatic carbocycles. The van der Waals surface area contributed by atoms with Crippen LogP contribution in [0.5, 0.6) is 5.75 Å². The van der Waals surface area contributed by atoms with Crippen molar-refractivity contribution in [1.29, 1.82) is 0 Å². The fraction of sp³-hybridized carbons (Fsp3) is 0.267. The molecule has 2 N–H and O–H groups in total. The van der Waals surface area contributed by atoms with Gasteiger partial charge in [0.15, 0.2) is 11.0 Å². The number of aromatic nitrogens is 3. The maximum Gasteiger partial charge on any atom is 0.251 e. The maximum absolute atomic E-state index is 12.9. The van der Waals surface area contributed by atoms with Gasteiger partial charge in [-0.1, -0.05) is 49.0 Å². The van der Waals surface area contributed by atoms with Crippen molar-refractivity contribution in [2.75, 3.05) is 18.2 Å². The Bertz CT molecular complexity index is 1480. The molecule has 0 saturated carbocycles. The minimum atomic E-state index is -0.227. The van der Waals surface area contributed by atoms with Gasteiger partial charge in [0, 0.05) is 11.3 Å². The van der Waals surface area contributed by atoms with E-state index >= 15 is 0 Å². The summed E-state index contributed by atoms with van der Waals surface area (Å²) < 4.78 is 7.14. The van der Waals surface area contributed by atoms with Gasteiger partial charge >= 0.3 is 0 Å². The highest BCUT2D eigenvalue weighted by Crippen LogP contribution is 2.28. The number of carbonyl (C=O) groups is 2. The summed E-state index contributed by atoms with van der Waals surface area (Å²) in [5.74, 6) is 1.07. The minimum Gasteiger partial charge on any atom is -0.497 e. The lowest BCUT2D eigenvalue weighted by molar-refractivity contribution is -0.113. The molecule has 4 rings (SSSR count). The number of carbonyl (C=O) groups excluding carboxylic acids is 2. The number of amides is 2. The number of benzene rings is 3. The fourth-order valence-corrected chi connectivity index (χ4v) is 5.01. The van der Waals surface area contributed by atoms with Gasteiger partial charge in [-0.25, -0.2) is 0 Å². The van der Waals surface area contributed by atoms with Gasteiger partial charge in [0.2, 0.25) is 5.91 Å². The summed E-state index contributed by atoms with van der Waals surface area (Å²) in [6.07, 6.45) is 0.810. The molecule has 0 fully saturated rings. The first-order valence-corrected chi connectivity index (χ1v) is 13.7. The van der Waals surface area contributed by atoms with E-state index in [9.17, 15) is 9.59 Å². The Labute approximate surface area is 233 Å². The van der Waals surface area contributed by atoms with E-state index < -0.39 is 0 Å². The van der Waals surface area contributed by atoms with E-state index in [-0.39, 0.29) is 24.1 Å². The standard InChI is InChI=1S/C30H33N5O3S/c1-6-22-9-7-8-21(4)28(22)35-26(17-31-29(37)23-12-14-24(38-5)15-13-23)33-34-30(35)39-18-27(36)32-25-16-19(2)10-11-20(25)3/h7-16H,6,17-18H2,1-5H3,(H,31,37)(H,32,36). The zero-order chi connectivity index (χ0) is 27.9. The zero-order valence-corrected chi connectivity index (χ0v) is 23.7.